The number of nitrogens with zero attached hydrogens (tertiary/aromatic N) is 1. The van der Waals surface area contributed by atoms with Gasteiger partial charge in [0.05, 0.1) is 19.7 Å². The van der Waals surface area contributed by atoms with Crippen LogP contribution >= 0.6 is 0 Å². The van der Waals surface area contributed by atoms with Crippen LogP contribution in [0.2, 0.25) is 0 Å². The van der Waals surface area contributed by atoms with Gasteiger partial charge in [-0.1, -0.05) is 6.07 Å². The van der Waals surface area contributed by atoms with Gasteiger partial charge >= 0.3 is 0 Å². The van der Waals surface area contributed by atoms with Crippen molar-refractivity contribution in [3.05, 3.63) is 35.4 Å². The van der Waals surface area contributed by atoms with Gasteiger partial charge in [0.15, 0.2) is 11.6 Å². The van der Waals surface area contributed by atoms with Gasteiger partial charge in [0.25, 0.3) is 0 Å². The monoisotopic (exact) mass is 256 g/mol. The largest absolute Gasteiger partial charge is 0.370 e. The average Bonchev–Trinajstić information content (AvgIpc) is 2.41. The Morgan fingerprint density at radius 2 is 2.22 bits per heavy atom. The summed E-state index contributed by atoms with van der Waals surface area (Å²) in [5.41, 5.74) is 5.81. The number of carbonyl (C=O) groups is 1. The first kappa shape index (κ1) is 12.9. The zero-order chi connectivity index (χ0) is 13.1. The lowest BCUT2D eigenvalue weighted by molar-refractivity contribution is -0.137. The molecule has 0 aromatic heterocycles. The van der Waals surface area contributed by atoms with Crippen LogP contribution in [-0.2, 0) is 9.53 Å². The molecule has 1 fully saturated rings. The second kappa shape index (κ2) is 5.41. The fourth-order valence-electron chi connectivity index (χ4n) is 1.92. The van der Waals surface area contributed by atoms with Crippen LogP contribution in [0, 0.1) is 11.6 Å². The van der Waals surface area contributed by atoms with Crippen molar-refractivity contribution in [1.29, 1.82) is 0 Å². The van der Waals surface area contributed by atoms with E-state index in [1.165, 1.54) is 6.07 Å². The number of amides is 1. The van der Waals surface area contributed by atoms with Crippen molar-refractivity contribution in [2.45, 2.75) is 6.10 Å². The Balaban J connectivity index is 2.13. The third-order valence-electron chi connectivity index (χ3n) is 2.91. The van der Waals surface area contributed by atoms with Gasteiger partial charge in [-0.05, 0) is 17.7 Å². The molecule has 1 unspecified atom stereocenters. The van der Waals surface area contributed by atoms with Crippen LogP contribution in [0.25, 0.3) is 0 Å². The number of hydrogen-bond acceptors (Lipinski definition) is 3. The first-order chi connectivity index (χ1) is 8.61. The molecule has 1 aliphatic heterocycles. The van der Waals surface area contributed by atoms with E-state index >= 15 is 0 Å². The maximum absolute atomic E-state index is 13.1. The number of benzene rings is 1. The SMILES string of the molecule is NCC(=O)N1CCOC(c2ccc(F)c(F)c2)C1. The lowest BCUT2D eigenvalue weighted by Crippen LogP contribution is -2.44. The van der Waals surface area contributed by atoms with Crippen LogP contribution in [-0.4, -0.2) is 37.0 Å². The van der Waals surface area contributed by atoms with Crippen molar-refractivity contribution < 1.29 is 18.3 Å². The molecule has 0 saturated carbocycles. The van der Waals surface area contributed by atoms with Crippen LogP contribution in [0.5, 0.6) is 0 Å². The van der Waals surface area contributed by atoms with Gasteiger partial charge in [0.2, 0.25) is 5.91 Å². The number of nitrogens with two attached hydrogens (primary N) is 1. The molecule has 1 aliphatic rings. The number of ether oxygens (including phenoxy) is 1. The third-order valence-corrected chi connectivity index (χ3v) is 2.91. The molecule has 1 atom stereocenters. The third kappa shape index (κ3) is 2.65. The predicted octanol–water partition coefficient (Wildman–Crippen LogP) is 0.823. The standard InChI is InChI=1S/C12H14F2N2O2/c13-9-2-1-8(5-10(9)14)11-7-16(3-4-18-11)12(17)6-15/h1-2,5,11H,3-4,6-7,15H2. The second-order valence-electron chi connectivity index (χ2n) is 4.08. The molecule has 98 valence electrons. The number of hydrogen-bond donors (Lipinski definition) is 1. The maximum Gasteiger partial charge on any atom is 0.236 e. The normalized spacial score (nSPS) is 19.9. The summed E-state index contributed by atoms with van der Waals surface area (Å²) in [5, 5.41) is 0. The fourth-order valence-corrected chi connectivity index (χ4v) is 1.92. The van der Waals surface area contributed by atoms with Crippen molar-refractivity contribution in [3.8, 4) is 0 Å². The fraction of sp³-hybridized carbons (Fsp3) is 0.417. The Kier molecular flexibility index (Phi) is 3.88. The van der Waals surface area contributed by atoms with E-state index in [1.54, 1.807) is 4.90 Å². The lowest BCUT2D eigenvalue weighted by atomic mass is 10.1. The van der Waals surface area contributed by atoms with Crippen LogP contribution < -0.4 is 5.73 Å². The Morgan fingerprint density at radius 1 is 1.44 bits per heavy atom. The molecule has 4 nitrogen and oxygen atoms in total. The summed E-state index contributed by atoms with van der Waals surface area (Å²) < 4.78 is 31.4. The van der Waals surface area contributed by atoms with Gasteiger partial charge in [0, 0.05) is 6.54 Å². The van der Waals surface area contributed by atoms with Crippen LogP contribution in [0.3, 0.4) is 0 Å². The molecule has 6 heteroatoms. The first-order valence-corrected chi connectivity index (χ1v) is 5.66. The van der Waals surface area contributed by atoms with Crippen LogP contribution in [0.15, 0.2) is 18.2 Å². The number of rotatable bonds is 2. The zero-order valence-electron chi connectivity index (χ0n) is 9.73. The van der Waals surface area contributed by atoms with E-state index in [4.69, 9.17) is 10.5 Å². The minimum absolute atomic E-state index is 0.0650. The Labute approximate surface area is 103 Å². The van der Waals surface area contributed by atoms with Gasteiger partial charge in [0.1, 0.15) is 6.10 Å². The smallest absolute Gasteiger partial charge is 0.236 e. The van der Waals surface area contributed by atoms with E-state index < -0.39 is 17.7 Å². The van der Waals surface area contributed by atoms with Gasteiger partial charge in [-0.3, -0.25) is 4.79 Å². The molecule has 1 aromatic rings. The molecule has 0 spiro atoms. The minimum Gasteiger partial charge on any atom is -0.370 e. The summed E-state index contributed by atoms with van der Waals surface area (Å²) in [6, 6.07) is 3.60. The quantitative estimate of drug-likeness (QED) is 0.852. The zero-order valence-corrected chi connectivity index (χ0v) is 9.73. The van der Waals surface area contributed by atoms with E-state index in [-0.39, 0.29) is 12.5 Å². The van der Waals surface area contributed by atoms with Crippen LogP contribution in [0.4, 0.5) is 8.78 Å². The molecule has 0 radical (unpaired) electrons. The summed E-state index contributed by atoms with van der Waals surface area (Å²) in [6.07, 6.45) is -0.440. The molecular weight excluding hydrogens is 242 g/mol. The Bertz CT molecular complexity index is 454. The van der Waals surface area contributed by atoms with E-state index in [2.05, 4.69) is 0 Å². The van der Waals surface area contributed by atoms with Gasteiger partial charge in [-0.15, -0.1) is 0 Å². The van der Waals surface area contributed by atoms with Crippen LogP contribution in [0.1, 0.15) is 11.7 Å². The van der Waals surface area contributed by atoms with Gasteiger partial charge < -0.3 is 15.4 Å². The molecule has 2 rings (SSSR count). The van der Waals surface area contributed by atoms with E-state index in [0.717, 1.165) is 12.1 Å². The second-order valence-corrected chi connectivity index (χ2v) is 4.08. The average molecular weight is 256 g/mol. The van der Waals surface area contributed by atoms with Gasteiger partial charge in [-0.2, -0.15) is 0 Å². The molecule has 18 heavy (non-hydrogen) atoms. The highest BCUT2D eigenvalue weighted by molar-refractivity contribution is 5.78. The van der Waals surface area contributed by atoms with E-state index in [9.17, 15) is 13.6 Å². The predicted molar refractivity (Wildman–Crippen MR) is 60.7 cm³/mol. The summed E-state index contributed by atoms with van der Waals surface area (Å²) >= 11 is 0. The van der Waals surface area contributed by atoms with Crippen molar-refractivity contribution in [2.24, 2.45) is 5.73 Å². The van der Waals surface area contributed by atoms with Crippen molar-refractivity contribution in [1.82, 2.24) is 4.90 Å². The Morgan fingerprint density at radius 3 is 2.89 bits per heavy atom. The Hall–Kier alpha value is -1.53. The van der Waals surface area contributed by atoms with Gasteiger partial charge in [-0.25, -0.2) is 8.78 Å². The summed E-state index contributed by atoms with van der Waals surface area (Å²) in [7, 11) is 0. The first-order valence-electron chi connectivity index (χ1n) is 5.66. The highest BCUT2D eigenvalue weighted by atomic mass is 19.2. The lowest BCUT2D eigenvalue weighted by Gasteiger charge is -2.33. The summed E-state index contributed by atoms with van der Waals surface area (Å²) in [4.78, 5) is 13.0. The number of morpholine rings is 1. The molecule has 0 bridgehead atoms. The number of halogens is 2. The van der Waals surface area contributed by atoms with Crippen molar-refractivity contribution >= 4 is 5.91 Å². The summed E-state index contributed by atoms with van der Waals surface area (Å²) in [6.45, 7) is 1.07. The molecule has 1 amide bonds. The highest BCUT2D eigenvalue weighted by Gasteiger charge is 2.25. The molecule has 0 aliphatic carbocycles. The van der Waals surface area contributed by atoms with Crippen molar-refractivity contribution in [2.75, 3.05) is 26.2 Å². The van der Waals surface area contributed by atoms with E-state index in [1.807, 2.05) is 0 Å². The molecule has 1 heterocycles. The maximum atomic E-state index is 13.1. The topological polar surface area (TPSA) is 55.6 Å². The molecular formula is C12H14F2N2O2. The number of carbonyl (C=O) groups excluding carboxylic acids is 1. The minimum atomic E-state index is -0.918. The summed E-state index contributed by atoms with van der Waals surface area (Å²) in [5.74, 6) is -1.99. The molecule has 2 N–H and O–H groups in total. The highest BCUT2D eigenvalue weighted by Crippen LogP contribution is 2.23. The van der Waals surface area contributed by atoms with Crippen molar-refractivity contribution in [3.63, 3.8) is 0 Å². The van der Waals surface area contributed by atoms with E-state index in [0.29, 0.717) is 25.3 Å². The molecule has 1 aromatic carbocycles. The molecule has 1 saturated heterocycles.